The molecular weight excluding hydrogens is 368 g/mol. The second-order valence-electron chi connectivity index (χ2n) is 6.35. The van der Waals surface area contributed by atoms with Crippen LogP contribution in [0.15, 0.2) is 28.6 Å². The average molecular weight is 387 g/mol. The van der Waals surface area contributed by atoms with Gasteiger partial charge in [0.05, 0.1) is 5.75 Å². The molecule has 0 aliphatic heterocycles. The molecule has 2 heterocycles. The zero-order chi connectivity index (χ0) is 18.3. The summed E-state index contributed by atoms with van der Waals surface area (Å²) in [5.74, 6) is 0.346. The molecule has 1 saturated carbocycles. The number of hydrogen-bond donors (Lipinski definition) is 1. The zero-order valence-corrected chi connectivity index (χ0v) is 16.1. The Morgan fingerprint density at radius 1 is 1.31 bits per heavy atom. The highest BCUT2D eigenvalue weighted by atomic mass is 32.2. The lowest BCUT2D eigenvalue weighted by Gasteiger charge is -2.15. The topological polar surface area (TPSA) is 79.0 Å². The molecule has 1 amide bonds. The molecule has 1 aliphatic carbocycles. The maximum atomic E-state index is 12.7. The summed E-state index contributed by atoms with van der Waals surface area (Å²) in [6.07, 6.45) is 2.03. The molecular formula is C18H18N4O2S2. The van der Waals surface area contributed by atoms with E-state index in [1.54, 1.807) is 11.8 Å². The minimum Gasteiger partial charge on any atom is -0.358 e. The lowest BCUT2D eigenvalue weighted by molar-refractivity contribution is -0.116. The van der Waals surface area contributed by atoms with E-state index >= 15 is 0 Å². The maximum Gasteiger partial charge on any atom is 0.225 e. The number of rotatable bonds is 6. The number of fused-ring (bicyclic) bond motifs is 1. The van der Waals surface area contributed by atoms with Crippen molar-refractivity contribution in [1.29, 1.82) is 0 Å². The van der Waals surface area contributed by atoms with Gasteiger partial charge in [0, 0.05) is 35.1 Å². The number of nitrogens with one attached hydrogen (secondary N) is 1. The van der Waals surface area contributed by atoms with Gasteiger partial charge in [-0.05, 0) is 25.8 Å². The fraction of sp³-hybridized carbons (Fsp3) is 0.333. The van der Waals surface area contributed by atoms with Crippen molar-refractivity contribution < 1.29 is 9.59 Å². The smallest absolute Gasteiger partial charge is 0.225 e. The van der Waals surface area contributed by atoms with Crippen LogP contribution in [-0.2, 0) is 4.79 Å². The van der Waals surface area contributed by atoms with Gasteiger partial charge in [-0.25, -0.2) is 0 Å². The van der Waals surface area contributed by atoms with E-state index in [4.69, 9.17) is 0 Å². The van der Waals surface area contributed by atoms with Gasteiger partial charge in [0.15, 0.2) is 10.1 Å². The number of aromatic nitrogens is 3. The second-order valence-corrected chi connectivity index (χ2v) is 8.53. The highest BCUT2D eigenvalue weighted by Crippen LogP contribution is 2.36. The van der Waals surface area contributed by atoms with E-state index in [0.717, 1.165) is 35.0 Å². The number of carbonyl (C=O) groups excluding carboxylic acids is 2. The number of hydrogen-bond acceptors (Lipinski definition) is 6. The quantitative estimate of drug-likeness (QED) is 0.396. The summed E-state index contributed by atoms with van der Waals surface area (Å²) in [7, 11) is 0. The summed E-state index contributed by atoms with van der Waals surface area (Å²) >= 11 is 2.74. The number of H-pyrrole nitrogens is 1. The third kappa shape index (κ3) is 3.26. The summed E-state index contributed by atoms with van der Waals surface area (Å²) in [5.41, 5.74) is 2.59. The van der Waals surface area contributed by atoms with Crippen molar-refractivity contribution in [3.63, 3.8) is 0 Å². The van der Waals surface area contributed by atoms with Crippen LogP contribution in [0.4, 0.5) is 5.13 Å². The largest absolute Gasteiger partial charge is 0.358 e. The number of para-hydroxylation sites is 1. The molecule has 26 heavy (non-hydrogen) atoms. The molecule has 0 bridgehead atoms. The first-order valence-electron chi connectivity index (χ1n) is 8.41. The minimum absolute atomic E-state index is 0.00862. The third-order valence-corrected chi connectivity index (χ3v) is 6.41. The van der Waals surface area contributed by atoms with Crippen molar-refractivity contribution in [2.45, 2.75) is 37.1 Å². The molecule has 134 valence electrons. The van der Waals surface area contributed by atoms with E-state index < -0.39 is 0 Å². The average Bonchev–Trinajstić information content (AvgIpc) is 3.21. The van der Waals surface area contributed by atoms with Gasteiger partial charge >= 0.3 is 0 Å². The van der Waals surface area contributed by atoms with Crippen LogP contribution in [0.5, 0.6) is 0 Å². The number of amides is 1. The Morgan fingerprint density at radius 2 is 2.08 bits per heavy atom. The van der Waals surface area contributed by atoms with Crippen molar-refractivity contribution in [3.05, 3.63) is 35.5 Å². The standard InChI is InChI=1S/C18H18N4O2S2/c1-10-16(13-5-3-4-6-14(13)19-10)15(24)9-25-18-21-20-17(26-18)22(11(2)23)12-7-8-12/h3-6,12,19H,7-9H2,1-2H3. The maximum absolute atomic E-state index is 12.7. The SMILES string of the molecule is CC(=O)N(c1nnc(SCC(=O)c2c(C)[nH]c3ccccc23)s1)C1CC1. The van der Waals surface area contributed by atoms with Crippen LogP contribution in [-0.4, -0.2) is 38.7 Å². The zero-order valence-electron chi connectivity index (χ0n) is 14.5. The van der Waals surface area contributed by atoms with Crippen LogP contribution >= 0.6 is 23.1 Å². The van der Waals surface area contributed by atoms with Gasteiger partial charge in [-0.15, -0.1) is 10.2 Å². The lowest BCUT2D eigenvalue weighted by atomic mass is 10.1. The van der Waals surface area contributed by atoms with Crippen molar-refractivity contribution in [2.75, 3.05) is 10.7 Å². The van der Waals surface area contributed by atoms with Crippen LogP contribution < -0.4 is 4.90 Å². The molecule has 0 unspecified atom stereocenters. The summed E-state index contributed by atoms with van der Waals surface area (Å²) in [5, 5.41) is 9.86. The normalized spacial score (nSPS) is 13.9. The molecule has 4 rings (SSSR count). The Hall–Kier alpha value is -2.19. The minimum atomic E-state index is -0.00862. The van der Waals surface area contributed by atoms with Crippen LogP contribution in [0.1, 0.15) is 35.8 Å². The molecule has 1 N–H and O–H groups in total. The van der Waals surface area contributed by atoms with Gasteiger partial charge in [0.1, 0.15) is 0 Å². The summed E-state index contributed by atoms with van der Waals surface area (Å²) in [6, 6.07) is 8.07. The van der Waals surface area contributed by atoms with E-state index in [0.29, 0.717) is 15.2 Å². The summed E-state index contributed by atoms with van der Waals surface area (Å²) < 4.78 is 0.706. The number of anilines is 1. The monoisotopic (exact) mass is 386 g/mol. The molecule has 1 aromatic carbocycles. The summed E-state index contributed by atoms with van der Waals surface area (Å²) in [6.45, 7) is 3.47. The number of benzene rings is 1. The van der Waals surface area contributed by atoms with Gasteiger partial charge in [0.2, 0.25) is 11.0 Å². The van der Waals surface area contributed by atoms with Crippen molar-refractivity contribution in [1.82, 2.24) is 15.2 Å². The Labute approximate surface area is 159 Å². The van der Waals surface area contributed by atoms with Crippen molar-refractivity contribution >= 4 is 50.8 Å². The Balaban J connectivity index is 1.48. The molecule has 0 spiro atoms. The number of nitrogens with zero attached hydrogens (tertiary/aromatic N) is 3. The van der Waals surface area contributed by atoms with E-state index in [1.807, 2.05) is 31.2 Å². The fourth-order valence-corrected chi connectivity index (χ4v) is 4.90. The predicted octanol–water partition coefficient (Wildman–Crippen LogP) is 3.82. The van der Waals surface area contributed by atoms with Crippen LogP contribution in [0, 0.1) is 6.92 Å². The fourth-order valence-electron chi connectivity index (χ4n) is 3.07. The highest BCUT2D eigenvalue weighted by molar-refractivity contribution is 8.01. The molecule has 0 saturated heterocycles. The molecule has 0 atom stereocenters. The number of carbonyl (C=O) groups is 2. The second kappa shape index (κ2) is 6.85. The number of ketones is 1. The molecule has 1 aliphatic rings. The molecule has 1 fully saturated rings. The number of aryl methyl sites for hydroxylation is 1. The summed E-state index contributed by atoms with van der Waals surface area (Å²) in [4.78, 5) is 29.5. The van der Waals surface area contributed by atoms with Crippen molar-refractivity contribution in [3.8, 4) is 0 Å². The first kappa shape index (κ1) is 17.2. The molecule has 3 aromatic rings. The molecule has 6 nitrogen and oxygen atoms in total. The molecule has 0 radical (unpaired) electrons. The first-order valence-corrected chi connectivity index (χ1v) is 10.2. The van der Waals surface area contributed by atoms with Crippen molar-refractivity contribution in [2.24, 2.45) is 0 Å². The molecule has 2 aromatic heterocycles. The number of thioether (sulfide) groups is 1. The van der Waals surface area contributed by atoms with Gasteiger partial charge in [-0.2, -0.15) is 0 Å². The van der Waals surface area contributed by atoms with Gasteiger partial charge in [-0.1, -0.05) is 41.3 Å². The number of aromatic amines is 1. The van der Waals surface area contributed by atoms with E-state index in [2.05, 4.69) is 15.2 Å². The Morgan fingerprint density at radius 3 is 2.81 bits per heavy atom. The van der Waals surface area contributed by atoms with Gasteiger partial charge in [0.25, 0.3) is 0 Å². The van der Waals surface area contributed by atoms with Crippen LogP contribution in [0.2, 0.25) is 0 Å². The van der Waals surface area contributed by atoms with E-state index in [9.17, 15) is 9.59 Å². The Kier molecular flexibility index (Phi) is 4.54. The number of Topliss-reactive ketones (excluding diaryl/α,β-unsaturated/α-hetero) is 1. The third-order valence-electron chi connectivity index (χ3n) is 4.35. The van der Waals surface area contributed by atoms with Gasteiger partial charge < -0.3 is 4.98 Å². The Bertz CT molecular complexity index is 990. The van der Waals surface area contributed by atoms with E-state index in [-0.39, 0.29) is 17.7 Å². The van der Waals surface area contributed by atoms with Gasteiger partial charge in [-0.3, -0.25) is 14.5 Å². The lowest BCUT2D eigenvalue weighted by Crippen LogP contribution is -2.30. The van der Waals surface area contributed by atoms with Crippen LogP contribution in [0.25, 0.3) is 10.9 Å². The predicted molar refractivity (Wildman–Crippen MR) is 104 cm³/mol. The first-order chi connectivity index (χ1) is 12.5. The highest BCUT2D eigenvalue weighted by Gasteiger charge is 2.34. The van der Waals surface area contributed by atoms with Crippen LogP contribution in [0.3, 0.4) is 0 Å². The van der Waals surface area contributed by atoms with E-state index in [1.165, 1.54) is 23.1 Å². The molecule has 8 heteroatoms.